The maximum atomic E-state index is 12.0. The summed E-state index contributed by atoms with van der Waals surface area (Å²) in [7, 11) is 1.59. The number of hydrogen-bond acceptors (Lipinski definition) is 6. The number of nitrogens with zero attached hydrogens (tertiary/aromatic N) is 2. The van der Waals surface area contributed by atoms with Gasteiger partial charge in [-0.25, -0.2) is 0 Å². The Labute approximate surface area is 154 Å². The van der Waals surface area contributed by atoms with Crippen molar-refractivity contribution >= 4 is 11.6 Å². The van der Waals surface area contributed by atoms with Gasteiger partial charge in [0.2, 0.25) is 5.82 Å². The Balaban J connectivity index is 1.53. The molecule has 0 aliphatic rings. The molecule has 0 aliphatic carbocycles. The standard InChI is InChI=1S/C20H15N3O4/c1-25-16-6-3-2-5-15(16)20-22-18(23-27-20)13-8-10-14(11-9-13)21-19(24)17-7-4-12-26-17/h2-12H,1H3,(H,21,24). The summed E-state index contributed by atoms with van der Waals surface area (Å²) in [5.41, 5.74) is 2.12. The van der Waals surface area contributed by atoms with Crippen molar-refractivity contribution < 1.29 is 18.5 Å². The first-order valence-corrected chi connectivity index (χ1v) is 8.17. The summed E-state index contributed by atoms with van der Waals surface area (Å²) in [6.07, 6.45) is 1.45. The molecule has 0 aliphatic heterocycles. The molecule has 0 unspecified atom stereocenters. The average molecular weight is 361 g/mol. The van der Waals surface area contributed by atoms with Crippen LogP contribution < -0.4 is 10.1 Å². The van der Waals surface area contributed by atoms with Crippen molar-refractivity contribution in [2.45, 2.75) is 0 Å². The maximum Gasteiger partial charge on any atom is 0.291 e. The first kappa shape index (κ1) is 16.6. The number of methoxy groups -OCH3 is 1. The number of carbonyl (C=O) groups excluding carboxylic acids is 1. The van der Waals surface area contributed by atoms with Crippen molar-refractivity contribution in [2.24, 2.45) is 0 Å². The number of benzene rings is 2. The summed E-state index contributed by atoms with van der Waals surface area (Å²) in [5.74, 6) is 1.41. The second-order valence-corrected chi connectivity index (χ2v) is 5.63. The van der Waals surface area contributed by atoms with Crippen LogP contribution in [0.2, 0.25) is 0 Å². The van der Waals surface area contributed by atoms with Crippen molar-refractivity contribution in [3.8, 4) is 28.6 Å². The highest BCUT2D eigenvalue weighted by atomic mass is 16.5. The predicted octanol–water partition coefficient (Wildman–Crippen LogP) is 4.26. The van der Waals surface area contributed by atoms with Crippen LogP contribution in [0.3, 0.4) is 0 Å². The summed E-state index contributed by atoms with van der Waals surface area (Å²) in [4.78, 5) is 16.4. The minimum absolute atomic E-state index is 0.249. The number of rotatable bonds is 5. The number of ether oxygens (including phenoxy) is 1. The van der Waals surface area contributed by atoms with Gasteiger partial charge in [0.1, 0.15) is 5.75 Å². The van der Waals surface area contributed by atoms with Gasteiger partial charge >= 0.3 is 0 Å². The fraction of sp³-hybridized carbons (Fsp3) is 0.0500. The quantitative estimate of drug-likeness (QED) is 0.571. The van der Waals surface area contributed by atoms with Gasteiger partial charge in [-0.1, -0.05) is 17.3 Å². The summed E-state index contributed by atoms with van der Waals surface area (Å²) in [5, 5.41) is 6.78. The number of para-hydroxylation sites is 1. The van der Waals surface area contributed by atoms with Gasteiger partial charge in [-0.15, -0.1) is 0 Å². The largest absolute Gasteiger partial charge is 0.496 e. The lowest BCUT2D eigenvalue weighted by molar-refractivity contribution is 0.0996. The second-order valence-electron chi connectivity index (χ2n) is 5.63. The van der Waals surface area contributed by atoms with Crippen LogP contribution in [-0.2, 0) is 0 Å². The van der Waals surface area contributed by atoms with Gasteiger partial charge in [-0.3, -0.25) is 4.79 Å². The van der Waals surface area contributed by atoms with E-state index in [0.717, 1.165) is 11.1 Å². The molecule has 134 valence electrons. The lowest BCUT2D eigenvalue weighted by atomic mass is 10.2. The third-order valence-electron chi connectivity index (χ3n) is 3.91. The molecule has 4 rings (SSSR count). The van der Waals surface area contributed by atoms with Gasteiger partial charge in [0.25, 0.3) is 11.8 Å². The summed E-state index contributed by atoms with van der Waals surface area (Å²) < 4.78 is 15.8. The van der Waals surface area contributed by atoms with E-state index in [1.54, 1.807) is 43.5 Å². The fourth-order valence-corrected chi connectivity index (χ4v) is 2.57. The lowest BCUT2D eigenvalue weighted by Gasteiger charge is -2.03. The molecule has 0 spiro atoms. The number of carbonyl (C=O) groups is 1. The third-order valence-corrected chi connectivity index (χ3v) is 3.91. The molecule has 7 heteroatoms. The Morgan fingerprint density at radius 2 is 1.85 bits per heavy atom. The number of aromatic nitrogens is 2. The zero-order valence-electron chi connectivity index (χ0n) is 14.4. The van der Waals surface area contributed by atoms with Crippen molar-refractivity contribution in [3.05, 3.63) is 72.7 Å². The fourth-order valence-electron chi connectivity index (χ4n) is 2.57. The molecule has 4 aromatic rings. The molecule has 2 heterocycles. The molecule has 2 aromatic carbocycles. The molecule has 0 radical (unpaired) electrons. The van der Waals surface area contributed by atoms with Crippen LogP contribution >= 0.6 is 0 Å². The van der Waals surface area contributed by atoms with Gasteiger partial charge in [0.05, 0.1) is 18.9 Å². The molecular weight excluding hydrogens is 346 g/mol. The van der Waals surface area contributed by atoms with Crippen LogP contribution in [0.5, 0.6) is 5.75 Å². The van der Waals surface area contributed by atoms with Crippen LogP contribution in [0.1, 0.15) is 10.6 Å². The SMILES string of the molecule is COc1ccccc1-c1nc(-c2ccc(NC(=O)c3ccco3)cc2)no1. The van der Waals surface area contributed by atoms with Gasteiger partial charge < -0.3 is 19.0 Å². The first-order valence-electron chi connectivity index (χ1n) is 8.17. The minimum Gasteiger partial charge on any atom is -0.496 e. The van der Waals surface area contributed by atoms with Crippen molar-refractivity contribution in [1.82, 2.24) is 10.1 Å². The summed E-state index contributed by atoms with van der Waals surface area (Å²) in [6, 6.07) is 17.8. The monoisotopic (exact) mass is 361 g/mol. The Bertz CT molecular complexity index is 1050. The van der Waals surface area contributed by atoms with E-state index in [1.807, 2.05) is 24.3 Å². The zero-order valence-corrected chi connectivity index (χ0v) is 14.4. The van der Waals surface area contributed by atoms with Crippen LogP contribution in [0.4, 0.5) is 5.69 Å². The smallest absolute Gasteiger partial charge is 0.291 e. The molecule has 0 fully saturated rings. The molecule has 0 saturated carbocycles. The highest BCUT2D eigenvalue weighted by Gasteiger charge is 2.14. The number of nitrogens with one attached hydrogen (secondary N) is 1. The van der Waals surface area contributed by atoms with E-state index in [0.29, 0.717) is 23.2 Å². The van der Waals surface area contributed by atoms with Crippen molar-refractivity contribution in [1.29, 1.82) is 0 Å². The topological polar surface area (TPSA) is 90.4 Å². The molecule has 7 nitrogen and oxygen atoms in total. The lowest BCUT2D eigenvalue weighted by Crippen LogP contribution is -2.10. The average Bonchev–Trinajstić information content (AvgIpc) is 3.41. The molecule has 1 N–H and O–H groups in total. The molecule has 0 atom stereocenters. The number of anilines is 1. The van der Waals surface area contributed by atoms with E-state index >= 15 is 0 Å². The molecule has 1 amide bonds. The van der Waals surface area contributed by atoms with E-state index in [4.69, 9.17) is 13.7 Å². The van der Waals surface area contributed by atoms with Gasteiger partial charge in [-0.05, 0) is 48.5 Å². The summed E-state index contributed by atoms with van der Waals surface area (Å²) in [6.45, 7) is 0. The van der Waals surface area contributed by atoms with Crippen LogP contribution in [-0.4, -0.2) is 23.2 Å². The molecule has 0 saturated heterocycles. The normalized spacial score (nSPS) is 10.6. The maximum absolute atomic E-state index is 12.0. The summed E-state index contributed by atoms with van der Waals surface area (Å²) >= 11 is 0. The van der Waals surface area contributed by atoms with Crippen LogP contribution in [0.25, 0.3) is 22.8 Å². The van der Waals surface area contributed by atoms with E-state index in [1.165, 1.54) is 6.26 Å². The van der Waals surface area contributed by atoms with Crippen molar-refractivity contribution in [2.75, 3.05) is 12.4 Å². The highest BCUT2D eigenvalue weighted by Crippen LogP contribution is 2.30. The second kappa shape index (κ2) is 7.17. The molecule has 0 bridgehead atoms. The van der Waals surface area contributed by atoms with Crippen LogP contribution in [0, 0.1) is 0 Å². The Kier molecular flexibility index (Phi) is 4.40. The Hall–Kier alpha value is -3.87. The van der Waals surface area contributed by atoms with E-state index < -0.39 is 0 Å². The van der Waals surface area contributed by atoms with E-state index in [2.05, 4.69) is 15.5 Å². The zero-order chi connectivity index (χ0) is 18.6. The number of amides is 1. The van der Waals surface area contributed by atoms with Gasteiger partial charge in [0, 0.05) is 11.3 Å². The predicted molar refractivity (Wildman–Crippen MR) is 98.4 cm³/mol. The van der Waals surface area contributed by atoms with Gasteiger partial charge in [-0.2, -0.15) is 4.98 Å². The minimum atomic E-state index is -0.314. The van der Waals surface area contributed by atoms with Gasteiger partial charge in [0.15, 0.2) is 5.76 Å². The molecule has 2 aromatic heterocycles. The Morgan fingerprint density at radius 3 is 2.59 bits per heavy atom. The number of hydrogen-bond donors (Lipinski definition) is 1. The van der Waals surface area contributed by atoms with E-state index in [9.17, 15) is 4.79 Å². The highest BCUT2D eigenvalue weighted by molar-refractivity contribution is 6.02. The third kappa shape index (κ3) is 3.43. The molecular formula is C20H15N3O4. The molecule has 27 heavy (non-hydrogen) atoms. The van der Waals surface area contributed by atoms with Crippen LogP contribution in [0.15, 0.2) is 75.9 Å². The first-order chi connectivity index (χ1) is 13.2. The Morgan fingerprint density at radius 1 is 1.04 bits per heavy atom. The van der Waals surface area contributed by atoms with Crippen molar-refractivity contribution in [3.63, 3.8) is 0 Å². The van der Waals surface area contributed by atoms with E-state index in [-0.39, 0.29) is 11.7 Å². The number of furan rings is 1.